The van der Waals surface area contributed by atoms with Gasteiger partial charge in [-0.1, -0.05) is 48.0 Å². The molecule has 0 fully saturated rings. The van der Waals surface area contributed by atoms with Crippen molar-refractivity contribution in [3.8, 4) is 0 Å². The van der Waals surface area contributed by atoms with Crippen LogP contribution in [-0.4, -0.2) is 0 Å². The molecule has 1 unspecified atom stereocenters. The van der Waals surface area contributed by atoms with Crippen molar-refractivity contribution < 1.29 is 0 Å². The Kier molecular flexibility index (Phi) is 4.08. The van der Waals surface area contributed by atoms with E-state index in [-0.39, 0.29) is 5.38 Å². The number of rotatable bonds is 3. The second-order valence-corrected chi connectivity index (χ2v) is 5.53. The molecule has 0 amide bonds. The summed E-state index contributed by atoms with van der Waals surface area (Å²) in [6, 6.07) is 15.0. The van der Waals surface area contributed by atoms with Gasteiger partial charge in [-0.2, -0.15) is 0 Å². The zero-order chi connectivity index (χ0) is 13.1. The van der Waals surface area contributed by atoms with Gasteiger partial charge in [-0.05, 0) is 49.4 Å². The molecule has 0 N–H and O–H groups in total. The lowest BCUT2D eigenvalue weighted by Gasteiger charge is -2.12. The third-order valence-corrected chi connectivity index (χ3v) is 3.80. The van der Waals surface area contributed by atoms with E-state index < -0.39 is 0 Å². The number of alkyl halides is 1. The van der Waals surface area contributed by atoms with Gasteiger partial charge >= 0.3 is 0 Å². The van der Waals surface area contributed by atoms with E-state index in [1.807, 2.05) is 0 Å². The molecule has 0 aliphatic rings. The zero-order valence-electron chi connectivity index (χ0n) is 11.2. The molecule has 0 nitrogen and oxygen atoms in total. The first-order chi connectivity index (χ1) is 8.56. The molecule has 1 heteroatoms. The largest absolute Gasteiger partial charge is 0.117 e. The molecule has 2 rings (SSSR count). The Morgan fingerprint density at radius 2 is 1.72 bits per heavy atom. The van der Waals surface area contributed by atoms with E-state index >= 15 is 0 Å². The standard InChI is InChI=1S/C17H19Cl/c1-12-5-4-6-15(9-12)11-17(18)16-8-7-13(2)14(3)10-16/h4-10,17H,11H2,1-3H3. The molecule has 0 spiro atoms. The van der Waals surface area contributed by atoms with E-state index in [9.17, 15) is 0 Å². The van der Waals surface area contributed by atoms with Crippen LogP contribution < -0.4 is 0 Å². The molecule has 18 heavy (non-hydrogen) atoms. The number of hydrogen-bond acceptors (Lipinski definition) is 0. The normalized spacial score (nSPS) is 12.4. The maximum absolute atomic E-state index is 6.52. The van der Waals surface area contributed by atoms with Gasteiger partial charge in [-0.15, -0.1) is 11.6 Å². The minimum atomic E-state index is 0.0473. The summed E-state index contributed by atoms with van der Waals surface area (Å²) in [4.78, 5) is 0. The van der Waals surface area contributed by atoms with E-state index in [1.54, 1.807) is 0 Å². The van der Waals surface area contributed by atoms with Crippen LogP contribution in [0.25, 0.3) is 0 Å². The average Bonchev–Trinajstić information content (AvgIpc) is 2.32. The summed E-state index contributed by atoms with van der Waals surface area (Å²) >= 11 is 6.52. The minimum absolute atomic E-state index is 0.0473. The highest BCUT2D eigenvalue weighted by Crippen LogP contribution is 2.26. The van der Waals surface area contributed by atoms with Crippen LogP contribution in [0.3, 0.4) is 0 Å². The molecule has 0 aliphatic carbocycles. The van der Waals surface area contributed by atoms with Gasteiger partial charge in [-0.3, -0.25) is 0 Å². The van der Waals surface area contributed by atoms with Crippen LogP contribution in [0.5, 0.6) is 0 Å². The molecule has 2 aromatic carbocycles. The van der Waals surface area contributed by atoms with E-state index in [1.165, 1.54) is 27.8 Å². The molecule has 2 aromatic rings. The van der Waals surface area contributed by atoms with Crippen molar-refractivity contribution in [2.24, 2.45) is 0 Å². The summed E-state index contributed by atoms with van der Waals surface area (Å²) in [7, 11) is 0. The SMILES string of the molecule is Cc1cccc(CC(Cl)c2ccc(C)c(C)c2)c1. The van der Waals surface area contributed by atoms with E-state index in [4.69, 9.17) is 11.6 Å². The highest BCUT2D eigenvalue weighted by molar-refractivity contribution is 6.20. The Hall–Kier alpha value is -1.27. The van der Waals surface area contributed by atoms with Crippen LogP contribution in [0.4, 0.5) is 0 Å². The fourth-order valence-corrected chi connectivity index (χ4v) is 2.44. The zero-order valence-corrected chi connectivity index (χ0v) is 12.0. The summed E-state index contributed by atoms with van der Waals surface area (Å²) in [6.45, 7) is 6.38. The van der Waals surface area contributed by atoms with Gasteiger partial charge in [0.2, 0.25) is 0 Å². The predicted octanol–water partition coefficient (Wildman–Crippen LogP) is 5.13. The van der Waals surface area contributed by atoms with Gasteiger partial charge in [0, 0.05) is 0 Å². The van der Waals surface area contributed by atoms with E-state index in [2.05, 4.69) is 63.2 Å². The molecule has 0 saturated carbocycles. The van der Waals surface area contributed by atoms with Crippen molar-refractivity contribution in [3.63, 3.8) is 0 Å². The predicted molar refractivity (Wildman–Crippen MR) is 79.4 cm³/mol. The third-order valence-electron chi connectivity index (χ3n) is 3.39. The highest BCUT2D eigenvalue weighted by atomic mass is 35.5. The first-order valence-electron chi connectivity index (χ1n) is 6.33. The molecule has 0 heterocycles. The summed E-state index contributed by atoms with van der Waals surface area (Å²) in [6.07, 6.45) is 0.881. The second kappa shape index (κ2) is 5.58. The van der Waals surface area contributed by atoms with Crippen LogP contribution in [0, 0.1) is 20.8 Å². The smallest absolute Gasteiger partial charge is 0.0625 e. The van der Waals surface area contributed by atoms with Crippen molar-refractivity contribution in [2.75, 3.05) is 0 Å². The van der Waals surface area contributed by atoms with Crippen LogP contribution in [0.15, 0.2) is 42.5 Å². The molecule has 0 aromatic heterocycles. The summed E-state index contributed by atoms with van der Waals surface area (Å²) in [5, 5.41) is 0.0473. The Labute approximate surface area is 115 Å². The first kappa shape index (κ1) is 13.2. The van der Waals surface area contributed by atoms with Crippen molar-refractivity contribution in [3.05, 3.63) is 70.3 Å². The first-order valence-corrected chi connectivity index (χ1v) is 6.76. The molecule has 0 bridgehead atoms. The van der Waals surface area contributed by atoms with Gasteiger partial charge in [0.15, 0.2) is 0 Å². The van der Waals surface area contributed by atoms with E-state index in [0.29, 0.717) is 0 Å². The second-order valence-electron chi connectivity index (χ2n) is 5.00. The molecule has 94 valence electrons. The van der Waals surface area contributed by atoms with Crippen LogP contribution in [0.1, 0.15) is 33.2 Å². The topological polar surface area (TPSA) is 0 Å². The van der Waals surface area contributed by atoms with Gasteiger partial charge in [0.05, 0.1) is 5.38 Å². The monoisotopic (exact) mass is 258 g/mol. The Morgan fingerprint density at radius 1 is 0.944 bits per heavy atom. The van der Waals surface area contributed by atoms with Crippen LogP contribution >= 0.6 is 11.6 Å². The molecule has 1 atom stereocenters. The fourth-order valence-electron chi connectivity index (χ4n) is 2.12. The van der Waals surface area contributed by atoms with Crippen LogP contribution in [-0.2, 0) is 6.42 Å². The van der Waals surface area contributed by atoms with Crippen molar-refractivity contribution in [2.45, 2.75) is 32.6 Å². The Bertz CT molecular complexity index is 543. The van der Waals surface area contributed by atoms with E-state index in [0.717, 1.165) is 6.42 Å². The summed E-state index contributed by atoms with van der Waals surface area (Å²) in [5.74, 6) is 0. The number of halogens is 1. The lowest BCUT2D eigenvalue weighted by atomic mass is 9.99. The molecular weight excluding hydrogens is 240 g/mol. The lowest BCUT2D eigenvalue weighted by Crippen LogP contribution is -1.97. The maximum atomic E-state index is 6.52. The van der Waals surface area contributed by atoms with Gasteiger partial charge in [0.1, 0.15) is 0 Å². The maximum Gasteiger partial charge on any atom is 0.0625 e. The summed E-state index contributed by atoms with van der Waals surface area (Å²) < 4.78 is 0. The number of aryl methyl sites for hydroxylation is 3. The molecular formula is C17H19Cl. The fraction of sp³-hybridized carbons (Fsp3) is 0.294. The minimum Gasteiger partial charge on any atom is -0.117 e. The summed E-state index contributed by atoms with van der Waals surface area (Å²) in [5.41, 5.74) is 6.42. The Morgan fingerprint density at radius 3 is 2.39 bits per heavy atom. The van der Waals surface area contributed by atoms with Crippen LogP contribution in [0.2, 0.25) is 0 Å². The van der Waals surface area contributed by atoms with Crippen molar-refractivity contribution in [1.29, 1.82) is 0 Å². The molecule has 0 aliphatic heterocycles. The van der Waals surface area contributed by atoms with Gasteiger partial charge in [-0.25, -0.2) is 0 Å². The third kappa shape index (κ3) is 3.14. The lowest BCUT2D eigenvalue weighted by molar-refractivity contribution is 0.915. The number of benzene rings is 2. The average molecular weight is 259 g/mol. The van der Waals surface area contributed by atoms with Gasteiger partial charge < -0.3 is 0 Å². The Balaban J connectivity index is 2.16. The van der Waals surface area contributed by atoms with Crippen molar-refractivity contribution in [1.82, 2.24) is 0 Å². The van der Waals surface area contributed by atoms with Crippen molar-refractivity contribution >= 4 is 11.6 Å². The molecule has 0 saturated heterocycles. The molecule has 0 radical (unpaired) electrons. The highest BCUT2D eigenvalue weighted by Gasteiger charge is 2.09. The number of hydrogen-bond donors (Lipinski definition) is 0. The quantitative estimate of drug-likeness (QED) is 0.669. The van der Waals surface area contributed by atoms with Gasteiger partial charge in [0.25, 0.3) is 0 Å².